The third-order valence-corrected chi connectivity index (χ3v) is 4.56. The molecule has 0 fully saturated rings. The molecule has 9 nitrogen and oxygen atoms in total. The Morgan fingerprint density at radius 2 is 1.59 bits per heavy atom. The molecule has 3 aromatic rings. The third kappa shape index (κ3) is 6.42. The number of hydrazone groups is 1. The quantitative estimate of drug-likeness (QED) is 0.270. The molecule has 0 aliphatic carbocycles. The Morgan fingerprint density at radius 3 is 2.32 bits per heavy atom. The van der Waals surface area contributed by atoms with Gasteiger partial charge in [0, 0.05) is 11.3 Å². The molecule has 0 radical (unpaired) electrons. The van der Waals surface area contributed by atoms with Crippen LogP contribution in [0, 0.1) is 0 Å². The van der Waals surface area contributed by atoms with E-state index >= 15 is 0 Å². The molecule has 0 saturated carbocycles. The first kappa shape index (κ1) is 24.0. The Morgan fingerprint density at radius 1 is 0.882 bits per heavy atom. The molecule has 0 heterocycles. The van der Waals surface area contributed by atoms with Crippen LogP contribution in [-0.2, 0) is 9.59 Å². The van der Waals surface area contributed by atoms with Gasteiger partial charge in [-0.1, -0.05) is 24.3 Å². The number of rotatable bonds is 8. The Labute approximate surface area is 196 Å². The fourth-order valence-corrected chi connectivity index (χ4v) is 2.95. The summed E-state index contributed by atoms with van der Waals surface area (Å²) in [6, 6.07) is 20.3. The normalized spacial score (nSPS) is 10.4. The van der Waals surface area contributed by atoms with Crippen molar-refractivity contribution in [1.82, 2.24) is 5.43 Å². The minimum absolute atomic E-state index is 0.180. The molecule has 0 aliphatic rings. The maximum atomic E-state index is 12.8. The van der Waals surface area contributed by atoms with Crippen molar-refractivity contribution in [3.63, 3.8) is 0 Å². The summed E-state index contributed by atoms with van der Waals surface area (Å²) in [5, 5.41) is 8.99. The highest BCUT2D eigenvalue weighted by molar-refractivity contribution is 6.40. The molecule has 3 N–H and O–H groups in total. The van der Waals surface area contributed by atoms with Gasteiger partial charge in [-0.3, -0.25) is 14.4 Å². The average Bonchev–Trinajstić information content (AvgIpc) is 2.86. The minimum atomic E-state index is -0.993. The predicted octanol–water partition coefficient (Wildman–Crippen LogP) is 3.44. The third-order valence-electron chi connectivity index (χ3n) is 4.56. The SMILES string of the molecule is CCOc1ccc(NC(=O)c2ccccc2NC(=O)C(=O)N/N=C\c2ccccc2OC)cc1. The number of carbonyl (C=O) groups excluding carboxylic acids is 3. The first-order valence-electron chi connectivity index (χ1n) is 10.4. The summed E-state index contributed by atoms with van der Waals surface area (Å²) in [7, 11) is 1.52. The van der Waals surface area contributed by atoms with Crippen molar-refractivity contribution in [2.45, 2.75) is 6.92 Å². The Balaban J connectivity index is 1.63. The molecule has 3 aromatic carbocycles. The Hall–Kier alpha value is -4.66. The van der Waals surface area contributed by atoms with E-state index in [9.17, 15) is 14.4 Å². The van der Waals surface area contributed by atoms with Gasteiger partial charge in [-0.25, -0.2) is 5.43 Å². The molecular formula is C25H24N4O5. The van der Waals surface area contributed by atoms with Crippen LogP contribution in [0.1, 0.15) is 22.8 Å². The van der Waals surface area contributed by atoms with Crippen LogP contribution in [0.3, 0.4) is 0 Å². The summed E-state index contributed by atoms with van der Waals surface area (Å²) in [5.41, 5.74) is 3.71. The fourth-order valence-electron chi connectivity index (χ4n) is 2.95. The van der Waals surface area contributed by atoms with Gasteiger partial charge in [-0.15, -0.1) is 0 Å². The molecule has 0 atom stereocenters. The van der Waals surface area contributed by atoms with Gasteiger partial charge < -0.3 is 20.1 Å². The van der Waals surface area contributed by atoms with E-state index in [1.165, 1.54) is 25.5 Å². The van der Waals surface area contributed by atoms with Crippen LogP contribution in [0.25, 0.3) is 0 Å². The molecule has 0 saturated heterocycles. The summed E-state index contributed by atoms with van der Waals surface area (Å²) in [6.45, 7) is 2.42. The summed E-state index contributed by atoms with van der Waals surface area (Å²) in [4.78, 5) is 37.3. The summed E-state index contributed by atoms with van der Waals surface area (Å²) >= 11 is 0. The second-order valence-electron chi connectivity index (χ2n) is 6.85. The number of carbonyl (C=O) groups is 3. The van der Waals surface area contributed by atoms with E-state index in [1.807, 2.05) is 6.92 Å². The van der Waals surface area contributed by atoms with Crippen molar-refractivity contribution in [2.24, 2.45) is 5.10 Å². The smallest absolute Gasteiger partial charge is 0.329 e. The van der Waals surface area contributed by atoms with E-state index < -0.39 is 17.7 Å². The first-order valence-corrected chi connectivity index (χ1v) is 10.4. The van der Waals surface area contributed by atoms with Gasteiger partial charge in [0.25, 0.3) is 5.91 Å². The van der Waals surface area contributed by atoms with Crippen LogP contribution in [0.5, 0.6) is 11.5 Å². The number of benzene rings is 3. The van der Waals surface area contributed by atoms with Gasteiger partial charge >= 0.3 is 11.8 Å². The maximum Gasteiger partial charge on any atom is 0.329 e. The van der Waals surface area contributed by atoms with E-state index in [0.29, 0.717) is 29.4 Å². The molecule has 0 aromatic heterocycles. The van der Waals surface area contributed by atoms with Crippen molar-refractivity contribution >= 4 is 35.3 Å². The second kappa shape index (κ2) is 11.8. The molecule has 0 spiro atoms. The maximum absolute atomic E-state index is 12.8. The fraction of sp³-hybridized carbons (Fsp3) is 0.120. The summed E-state index contributed by atoms with van der Waals surface area (Å²) in [6.07, 6.45) is 1.36. The number of amides is 3. The first-order chi connectivity index (χ1) is 16.5. The van der Waals surface area contributed by atoms with Gasteiger partial charge in [-0.2, -0.15) is 5.10 Å². The zero-order valence-electron chi connectivity index (χ0n) is 18.7. The van der Waals surface area contributed by atoms with Crippen molar-refractivity contribution in [3.05, 3.63) is 83.9 Å². The molecular weight excluding hydrogens is 436 g/mol. The molecule has 3 rings (SSSR count). The highest BCUT2D eigenvalue weighted by Gasteiger charge is 2.18. The highest BCUT2D eigenvalue weighted by Crippen LogP contribution is 2.20. The van der Waals surface area contributed by atoms with E-state index in [0.717, 1.165) is 0 Å². The monoisotopic (exact) mass is 460 g/mol. The lowest BCUT2D eigenvalue weighted by Gasteiger charge is -2.11. The Bertz CT molecular complexity index is 1190. The lowest BCUT2D eigenvalue weighted by Crippen LogP contribution is -2.33. The topological polar surface area (TPSA) is 118 Å². The minimum Gasteiger partial charge on any atom is -0.496 e. The van der Waals surface area contributed by atoms with Gasteiger partial charge in [0.2, 0.25) is 0 Å². The molecule has 174 valence electrons. The van der Waals surface area contributed by atoms with Crippen molar-refractivity contribution in [2.75, 3.05) is 24.4 Å². The van der Waals surface area contributed by atoms with Crippen LogP contribution in [-0.4, -0.2) is 37.7 Å². The number of nitrogens with one attached hydrogen (secondary N) is 3. The van der Waals surface area contributed by atoms with Crippen molar-refractivity contribution in [3.8, 4) is 11.5 Å². The van der Waals surface area contributed by atoms with Gasteiger partial charge in [-0.05, 0) is 55.5 Å². The number of hydrogen-bond donors (Lipinski definition) is 3. The predicted molar refractivity (Wildman–Crippen MR) is 129 cm³/mol. The van der Waals surface area contributed by atoms with Gasteiger partial charge in [0.15, 0.2) is 0 Å². The number of ether oxygens (including phenoxy) is 2. The van der Waals surface area contributed by atoms with Crippen LogP contribution >= 0.6 is 0 Å². The van der Waals surface area contributed by atoms with Crippen molar-refractivity contribution in [1.29, 1.82) is 0 Å². The van der Waals surface area contributed by atoms with Crippen molar-refractivity contribution < 1.29 is 23.9 Å². The zero-order chi connectivity index (χ0) is 24.3. The number of para-hydroxylation sites is 2. The van der Waals surface area contributed by atoms with E-state index in [-0.39, 0.29) is 11.3 Å². The van der Waals surface area contributed by atoms with E-state index in [1.54, 1.807) is 60.7 Å². The van der Waals surface area contributed by atoms with Gasteiger partial charge in [0.1, 0.15) is 11.5 Å². The van der Waals surface area contributed by atoms with Crippen LogP contribution < -0.4 is 25.5 Å². The van der Waals surface area contributed by atoms with Crippen LogP contribution in [0.4, 0.5) is 11.4 Å². The average molecular weight is 460 g/mol. The zero-order valence-corrected chi connectivity index (χ0v) is 18.7. The number of anilines is 2. The van der Waals surface area contributed by atoms with Crippen LogP contribution in [0.2, 0.25) is 0 Å². The highest BCUT2D eigenvalue weighted by atomic mass is 16.5. The Kier molecular flexibility index (Phi) is 8.34. The second-order valence-corrected chi connectivity index (χ2v) is 6.85. The summed E-state index contributed by atoms with van der Waals surface area (Å²) < 4.78 is 10.6. The molecule has 9 heteroatoms. The molecule has 3 amide bonds. The largest absolute Gasteiger partial charge is 0.496 e. The lowest BCUT2D eigenvalue weighted by molar-refractivity contribution is -0.136. The molecule has 0 bridgehead atoms. The number of nitrogens with zero attached hydrogens (tertiary/aromatic N) is 1. The lowest BCUT2D eigenvalue weighted by atomic mass is 10.1. The van der Waals surface area contributed by atoms with E-state index in [4.69, 9.17) is 9.47 Å². The van der Waals surface area contributed by atoms with E-state index in [2.05, 4.69) is 21.2 Å². The molecule has 34 heavy (non-hydrogen) atoms. The summed E-state index contributed by atoms with van der Waals surface area (Å²) in [5.74, 6) is -1.16. The number of methoxy groups -OCH3 is 1. The molecule has 0 aliphatic heterocycles. The molecule has 0 unspecified atom stereocenters. The standard InChI is InChI=1S/C25H24N4O5/c1-3-34-19-14-12-18(13-15-19)27-23(30)20-9-5-6-10-21(20)28-24(31)25(32)29-26-16-17-8-4-7-11-22(17)33-2/h4-16H,3H2,1-2H3,(H,27,30)(H,28,31)(H,29,32)/b26-16-. The van der Waals surface area contributed by atoms with Crippen LogP contribution in [0.15, 0.2) is 77.9 Å². The van der Waals surface area contributed by atoms with Gasteiger partial charge in [0.05, 0.1) is 31.2 Å². The number of hydrogen-bond acceptors (Lipinski definition) is 6.